The van der Waals surface area contributed by atoms with E-state index >= 15 is 0 Å². The fourth-order valence-electron chi connectivity index (χ4n) is 4.47. The lowest BCUT2D eigenvalue weighted by molar-refractivity contribution is -0.117. The second kappa shape index (κ2) is 12.6. The first-order chi connectivity index (χ1) is 17.7. The maximum absolute atomic E-state index is 12.9. The first-order valence-corrected chi connectivity index (χ1v) is 18.9. The zero-order valence-electron chi connectivity index (χ0n) is 23.9. The Morgan fingerprint density at radius 1 is 1.21 bits per heavy atom. The van der Waals surface area contributed by atoms with E-state index in [1.54, 1.807) is 6.08 Å². The minimum Gasteiger partial charge on any atom is -0.411 e. The molecule has 1 saturated carbocycles. The Morgan fingerprint density at radius 3 is 2.50 bits per heavy atom. The van der Waals surface area contributed by atoms with Gasteiger partial charge in [0, 0.05) is 12.1 Å². The Morgan fingerprint density at radius 2 is 1.87 bits per heavy atom. The first-order valence-electron chi connectivity index (χ1n) is 13.6. The molecule has 1 aromatic carbocycles. The van der Waals surface area contributed by atoms with E-state index in [1.165, 1.54) is 11.3 Å². The van der Waals surface area contributed by atoms with Gasteiger partial charge in [0.1, 0.15) is 0 Å². The number of para-hydroxylation sites is 1. The number of sulfone groups is 1. The second-order valence-corrected chi connectivity index (χ2v) is 20.1. The molecule has 1 aromatic heterocycles. The van der Waals surface area contributed by atoms with Crippen LogP contribution in [0.15, 0.2) is 52.4 Å². The minimum atomic E-state index is -3.45. The number of hydrogen-bond donors (Lipinski definition) is 1. The molecule has 1 aliphatic carbocycles. The molecular formula is C29H44N2O4S2Si. The molecule has 1 fully saturated rings. The lowest BCUT2D eigenvalue weighted by atomic mass is 9.84. The van der Waals surface area contributed by atoms with Gasteiger partial charge >= 0.3 is 0 Å². The molecule has 0 aliphatic heterocycles. The predicted octanol–water partition coefficient (Wildman–Crippen LogP) is 7.05. The number of aromatic nitrogens is 1. The van der Waals surface area contributed by atoms with Crippen molar-refractivity contribution in [3.63, 3.8) is 0 Å². The van der Waals surface area contributed by atoms with E-state index in [2.05, 4.69) is 50.2 Å². The van der Waals surface area contributed by atoms with Crippen LogP contribution in [0.3, 0.4) is 0 Å². The number of nitrogens with zero attached hydrogens (tertiary/aromatic N) is 1. The van der Waals surface area contributed by atoms with Crippen molar-refractivity contribution < 1.29 is 17.6 Å². The summed E-state index contributed by atoms with van der Waals surface area (Å²) >= 11 is 1.23. The molecule has 1 atom stereocenters. The molecule has 6 nitrogen and oxygen atoms in total. The van der Waals surface area contributed by atoms with Crippen LogP contribution in [0.25, 0.3) is 10.2 Å². The standard InChI is InChI=1S/C29H44N2O4S2Si/c1-21(20-37(33,34)28-31-25-10-8-9-11-26(25)36-28)12-14-23-15-17-24(18-16-23)30-27(32)19-13-22(2)35-38(6,7)29(3,4)5/h8-13,19,22-24H,14-18,20H2,1-7H3,(H,30,32)/b19-13-,21-12+/t22-,23-,24+/m0/s1. The third kappa shape index (κ3) is 8.60. The molecule has 1 amide bonds. The smallest absolute Gasteiger partial charge is 0.243 e. The Labute approximate surface area is 234 Å². The number of rotatable bonds is 10. The Bertz CT molecular complexity index is 1230. The summed E-state index contributed by atoms with van der Waals surface area (Å²) in [6.45, 7) is 14.9. The number of nitrogens with one attached hydrogen (secondary N) is 1. The van der Waals surface area contributed by atoms with E-state index in [9.17, 15) is 13.2 Å². The predicted molar refractivity (Wildman–Crippen MR) is 161 cm³/mol. The van der Waals surface area contributed by atoms with E-state index in [1.807, 2.05) is 44.2 Å². The van der Waals surface area contributed by atoms with Gasteiger partial charge in [0.2, 0.25) is 20.1 Å². The molecule has 1 N–H and O–H groups in total. The van der Waals surface area contributed by atoms with Gasteiger partial charge in [-0.25, -0.2) is 13.4 Å². The molecule has 9 heteroatoms. The molecule has 0 saturated heterocycles. The van der Waals surface area contributed by atoms with Crippen LogP contribution in [-0.4, -0.2) is 45.5 Å². The zero-order valence-corrected chi connectivity index (χ0v) is 26.5. The van der Waals surface area contributed by atoms with Gasteiger partial charge in [-0.3, -0.25) is 4.79 Å². The molecule has 0 bridgehead atoms. The van der Waals surface area contributed by atoms with E-state index in [0.29, 0.717) is 5.92 Å². The highest BCUT2D eigenvalue weighted by Crippen LogP contribution is 2.37. The highest BCUT2D eigenvalue weighted by Gasteiger charge is 2.38. The van der Waals surface area contributed by atoms with Crippen LogP contribution >= 0.6 is 11.3 Å². The van der Waals surface area contributed by atoms with Gasteiger partial charge in [0.25, 0.3) is 0 Å². The minimum absolute atomic E-state index is 0.00210. The summed E-state index contributed by atoms with van der Waals surface area (Å²) in [4.78, 5) is 16.8. The highest BCUT2D eigenvalue weighted by atomic mass is 32.2. The summed E-state index contributed by atoms with van der Waals surface area (Å²) in [5.41, 5.74) is 1.59. The van der Waals surface area contributed by atoms with Crippen LogP contribution in [-0.2, 0) is 19.1 Å². The molecule has 38 heavy (non-hydrogen) atoms. The number of thiazole rings is 1. The van der Waals surface area contributed by atoms with Crippen LogP contribution in [0.2, 0.25) is 18.1 Å². The highest BCUT2D eigenvalue weighted by molar-refractivity contribution is 7.93. The normalized spacial score (nSPS) is 20.7. The fraction of sp³-hybridized carbons (Fsp3) is 0.586. The molecule has 2 aromatic rings. The molecule has 3 rings (SSSR count). The van der Waals surface area contributed by atoms with Crippen molar-refractivity contribution in [1.82, 2.24) is 10.3 Å². The molecule has 0 radical (unpaired) electrons. The van der Waals surface area contributed by atoms with Gasteiger partial charge in [-0.05, 0) is 82.1 Å². The lowest BCUT2D eigenvalue weighted by Crippen LogP contribution is -2.43. The Hall–Kier alpha value is -1.81. The summed E-state index contributed by atoms with van der Waals surface area (Å²) in [6, 6.07) is 7.69. The maximum Gasteiger partial charge on any atom is 0.243 e. The molecule has 1 heterocycles. The van der Waals surface area contributed by atoms with Gasteiger partial charge in [-0.15, -0.1) is 11.3 Å². The van der Waals surface area contributed by atoms with Crippen LogP contribution in [0.4, 0.5) is 0 Å². The zero-order chi connectivity index (χ0) is 28.1. The summed E-state index contributed by atoms with van der Waals surface area (Å²) in [5.74, 6) is 0.453. The van der Waals surface area contributed by atoms with E-state index < -0.39 is 18.2 Å². The quantitative estimate of drug-likeness (QED) is 0.186. The van der Waals surface area contributed by atoms with Crippen molar-refractivity contribution in [1.29, 1.82) is 0 Å². The van der Waals surface area contributed by atoms with Crippen molar-refractivity contribution in [3.05, 3.63) is 48.1 Å². The third-order valence-corrected chi connectivity index (χ3v) is 15.6. The average molecular weight is 577 g/mol. The van der Waals surface area contributed by atoms with Gasteiger partial charge in [-0.2, -0.15) is 0 Å². The van der Waals surface area contributed by atoms with Crippen molar-refractivity contribution in [3.8, 4) is 0 Å². The van der Waals surface area contributed by atoms with Crippen molar-refractivity contribution in [2.75, 3.05) is 5.75 Å². The Kier molecular flexibility index (Phi) is 10.2. The molecule has 210 valence electrons. The second-order valence-electron chi connectivity index (χ2n) is 12.2. The van der Waals surface area contributed by atoms with Crippen LogP contribution in [0.5, 0.6) is 0 Å². The molecule has 0 unspecified atom stereocenters. The number of fused-ring (bicyclic) bond motifs is 1. The van der Waals surface area contributed by atoms with E-state index in [4.69, 9.17) is 4.43 Å². The van der Waals surface area contributed by atoms with Gasteiger partial charge < -0.3 is 9.74 Å². The Balaban J connectivity index is 1.42. The summed E-state index contributed by atoms with van der Waals surface area (Å²) in [6.07, 6.45) is 10.2. The molecule has 0 spiro atoms. The van der Waals surface area contributed by atoms with Crippen LogP contribution < -0.4 is 5.32 Å². The van der Waals surface area contributed by atoms with Crippen molar-refractivity contribution >= 4 is 45.6 Å². The first kappa shape index (κ1) is 30.7. The number of carbonyl (C=O) groups is 1. The average Bonchev–Trinajstić information content (AvgIpc) is 3.27. The SMILES string of the molecule is C/C(=C\C[C@H]1CC[C@@H](NC(=O)/C=C\[C@H](C)O[Si](C)(C)C(C)(C)C)CC1)CS(=O)(=O)c1nc2ccccc2s1. The number of benzene rings is 1. The molecule has 1 aliphatic rings. The summed E-state index contributed by atoms with van der Waals surface area (Å²) in [7, 11) is -5.32. The monoisotopic (exact) mass is 576 g/mol. The summed E-state index contributed by atoms with van der Waals surface area (Å²) < 4.78 is 33.1. The van der Waals surface area contributed by atoms with Gasteiger partial charge in [-0.1, -0.05) is 50.6 Å². The largest absolute Gasteiger partial charge is 0.411 e. The van der Waals surface area contributed by atoms with E-state index in [-0.39, 0.29) is 33.2 Å². The van der Waals surface area contributed by atoms with Gasteiger partial charge in [0.15, 0.2) is 8.32 Å². The van der Waals surface area contributed by atoms with Crippen LogP contribution in [0.1, 0.15) is 66.7 Å². The molecular weight excluding hydrogens is 533 g/mol. The van der Waals surface area contributed by atoms with Crippen molar-refractivity contribution in [2.45, 2.75) is 101 Å². The number of carbonyl (C=O) groups excluding carboxylic acids is 1. The summed E-state index contributed by atoms with van der Waals surface area (Å²) in [5, 5.41) is 3.28. The van der Waals surface area contributed by atoms with E-state index in [0.717, 1.165) is 47.9 Å². The number of amides is 1. The fourth-order valence-corrected chi connectivity index (χ4v) is 8.56. The third-order valence-electron chi connectivity index (χ3n) is 7.76. The van der Waals surface area contributed by atoms with Gasteiger partial charge in [0.05, 0.1) is 22.1 Å². The van der Waals surface area contributed by atoms with Crippen LogP contribution in [0, 0.1) is 5.92 Å². The maximum atomic E-state index is 12.9. The lowest BCUT2D eigenvalue weighted by Gasteiger charge is -2.37. The number of allylic oxidation sites excluding steroid dienone is 1. The number of hydrogen-bond acceptors (Lipinski definition) is 6. The van der Waals surface area contributed by atoms with Crippen molar-refractivity contribution in [2.24, 2.45) is 5.92 Å². The topological polar surface area (TPSA) is 85.4 Å².